The Morgan fingerprint density at radius 3 is 2.11 bits per heavy atom. The van der Waals surface area contributed by atoms with Crippen molar-refractivity contribution in [1.29, 1.82) is 0 Å². The van der Waals surface area contributed by atoms with Crippen LogP contribution in [0.5, 0.6) is 0 Å². The van der Waals surface area contributed by atoms with Gasteiger partial charge in [0.15, 0.2) is 0 Å². The van der Waals surface area contributed by atoms with Crippen molar-refractivity contribution in [1.82, 2.24) is 0 Å². The lowest BCUT2D eigenvalue weighted by molar-refractivity contribution is 0.130. The molecule has 0 bridgehead atoms. The smallest absolute Gasteiger partial charge is 0.330 e. The Labute approximate surface area is 53.9 Å². The quantitative estimate of drug-likeness (QED) is 0.441. The number of hydrogen-bond donors (Lipinski definition) is 0. The van der Waals surface area contributed by atoms with Crippen LogP contribution in [0.25, 0.3) is 0 Å². The monoisotopic (exact) mass is 155 g/mol. The number of hydrogen-bond acceptors (Lipinski definition) is 2. The summed E-state index contributed by atoms with van der Waals surface area (Å²) in [6.07, 6.45) is 0. The highest BCUT2D eigenvalue weighted by atomic mass is 32.2. The van der Waals surface area contributed by atoms with Crippen molar-refractivity contribution in [2.45, 2.75) is 12.2 Å². The third-order valence-corrected chi connectivity index (χ3v) is 1.47. The Morgan fingerprint density at radius 1 is 1.78 bits per heavy atom. The average molecular weight is 155 g/mol. The minimum absolute atomic E-state index is 0.671. The van der Waals surface area contributed by atoms with Gasteiger partial charge in [-0.3, -0.25) is 4.21 Å². The fourth-order valence-electron chi connectivity index (χ4n) is 0.142. The molecule has 1 atom stereocenters. The molecule has 2 nitrogen and oxygen atoms in total. The van der Waals surface area contributed by atoms with Crippen LogP contribution >= 0.6 is 0 Å². The summed E-state index contributed by atoms with van der Waals surface area (Å²) in [5.74, 6) is 0. The summed E-state index contributed by atoms with van der Waals surface area (Å²) in [6, 6.07) is 0. The molecule has 0 radical (unpaired) electrons. The molecule has 0 aliphatic rings. The van der Waals surface area contributed by atoms with Gasteiger partial charge in [-0.1, -0.05) is 6.58 Å². The van der Waals surface area contributed by atoms with Crippen molar-refractivity contribution >= 4 is 11.1 Å². The summed E-state index contributed by atoms with van der Waals surface area (Å²) in [5.41, 5.74) is -0.671. The highest BCUT2D eigenvalue weighted by Crippen LogP contribution is 2.24. The van der Waals surface area contributed by atoms with E-state index < -0.39 is 21.9 Å². The lowest BCUT2D eigenvalue weighted by atomic mass is 10.4. The van der Waals surface area contributed by atoms with E-state index in [-0.39, 0.29) is 0 Å². The molecule has 0 aliphatic heterocycles. The van der Waals surface area contributed by atoms with E-state index in [1.807, 2.05) is 0 Å². The standard InChI is InChI=1S/C4H6F2O2S/c1-3(2)4(5,6)9(7)8/h1H2,2H3,(H,7,8)/p-1. The van der Waals surface area contributed by atoms with Crippen molar-refractivity contribution in [3.63, 3.8) is 0 Å². The normalized spacial score (nSPS) is 15.1. The van der Waals surface area contributed by atoms with Crippen LogP contribution in [0, 0.1) is 0 Å². The molecule has 0 aromatic heterocycles. The molecular weight excluding hydrogens is 150 g/mol. The van der Waals surface area contributed by atoms with Crippen LogP contribution in [0.15, 0.2) is 12.2 Å². The van der Waals surface area contributed by atoms with Crippen LogP contribution in [0.4, 0.5) is 8.78 Å². The molecule has 0 N–H and O–H groups in total. The number of rotatable bonds is 2. The first-order valence-electron chi connectivity index (χ1n) is 2.02. The molecule has 5 heteroatoms. The summed E-state index contributed by atoms with van der Waals surface area (Å²) in [7, 11) is 0. The Morgan fingerprint density at radius 2 is 2.11 bits per heavy atom. The number of halogens is 2. The van der Waals surface area contributed by atoms with Crippen LogP contribution < -0.4 is 0 Å². The van der Waals surface area contributed by atoms with Gasteiger partial charge in [0, 0.05) is 16.7 Å². The first-order chi connectivity index (χ1) is 3.89. The molecule has 0 amide bonds. The van der Waals surface area contributed by atoms with Gasteiger partial charge in [-0.15, -0.1) is 0 Å². The third kappa shape index (κ3) is 1.83. The van der Waals surface area contributed by atoms with E-state index in [9.17, 15) is 17.5 Å². The molecule has 0 spiro atoms. The molecule has 0 aliphatic carbocycles. The molecule has 0 aromatic carbocycles. The van der Waals surface area contributed by atoms with Gasteiger partial charge in [0.05, 0.1) is 0 Å². The zero-order valence-corrected chi connectivity index (χ0v) is 5.50. The Balaban J connectivity index is 4.38. The first kappa shape index (κ1) is 8.71. The van der Waals surface area contributed by atoms with Gasteiger partial charge in [-0.2, -0.15) is 8.78 Å². The second-order valence-electron chi connectivity index (χ2n) is 1.53. The predicted octanol–water partition coefficient (Wildman–Crippen LogP) is 1.03. The van der Waals surface area contributed by atoms with E-state index in [1.165, 1.54) is 0 Å². The second-order valence-corrected chi connectivity index (χ2v) is 2.51. The minimum Gasteiger partial charge on any atom is -0.768 e. The van der Waals surface area contributed by atoms with E-state index in [2.05, 4.69) is 6.58 Å². The van der Waals surface area contributed by atoms with Crippen molar-refractivity contribution in [2.75, 3.05) is 0 Å². The maximum atomic E-state index is 12.0. The van der Waals surface area contributed by atoms with Crippen molar-refractivity contribution in [3.05, 3.63) is 12.2 Å². The zero-order valence-electron chi connectivity index (χ0n) is 4.69. The van der Waals surface area contributed by atoms with Gasteiger partial charge in [0.25, 0.3) is 0 Å². The SMILES string of the molecule is C=C(C)C(F)(F)S(=O)[O-]. The Kier molecular flexibility index (Phi) is 2.45. The summed E-state index contributed by atoms with van der Waals surface area (Å²) in [6.45, 7) is 3.76. The van der Waals surface area contributed by atoms with Crippen LogP contribution in [0.2, 0.25) is 0 Å². The third-order valence-electron chi connectivity index (χ3n) is 0.706. The Hall–Kier alpha value is -0.290. The van der Waals surface area contributed by atoms with Gasteiger partial charge >= 0.3 is 5.25 Å². The van der Waals surface area contributed by atoms with Crippen LogP contribution in [-0.2, 0) is 11.1 Å². The summed E-state index contributed by atoms with van der Waals surface area (Å²) in [5, 5.41) is -3.78. The van der Waals surface area contributed by atoms with Crippen LogP contribution in [-0.4, -0.2) is 14.0 Å². The zero-order chi connectivity index (χ0) is 7.65. The van der Waals surface area contributed by atoms with Gasteiger partial charge in [-0.25, -0.2) is 0 Å². The fraction of sp³-hybridized carbons (Fsp3) is 0.500. The summed E-state index contributed by atoms with van der Waals surface area (Å²) in [4.78, 5) is 0. The van der Waals surface area contributed by atoms with Gasteiger partial charge in [0.2, 0.25) is 0 Å². The largest absolute Gasteiger partial charge is 0.768 e. The molecular formula is C4H5F2O2S-. The van der Waals surface area contributed by atoms with Crippen molar-refractivity contribution in [2.24, 2.45) is 0 Å². The maximum Gasteiger partial charge on any atom is 0.330 e. The van der Waals surface area contributed by atoms with E-state index >= 15 is 0 Å². The topological polar surface area (TPSA) is 40.1 Å². The lowest BCUT2D eigenvalue weighted by Crippen LogP contribution is -2.23. The molecule has 54 valence electrons. The minimum atomic E-state index is -3.78. The molecule has 0 saturated heterocycles. The van der Waals surface area contributed by atoms with E-state index in [0.29, 0.717) is 0 Å². The van der Waals surface area contributed by atoms with E-state index in [0.717, 1.165) is 6.92 Å². The maximum absolute atomic E-state index is 12.0. The number of alkyl halides is 2. The first-order valence-corrected chi connectivity index (χ1v) is 3.09. The highest BCUT2D eigenvalue weighted by molar-refractivity contribution is 7.80. The van der Waals surface area contributed by atoms with Crippen molar-refractivity contribution < 1.29 is 17.5 Å². The van der Waals surface area contributed by atoms with E-state index in [1.54, 1.807) is 0 Å². The van der Waals surface area contributed by atoms with Crippen LogP contribution in [0.1, 0.15) is 6.92 Å². The summed E-state index contributed by atoms with van der Waals surface area (Å²) < 4.78 is 43.2. The molecule has 0 rings (SSSR count). The lowest BCUT2D eigenvalue weighted by Gasteiger charge is -2.17. The molecule has 1 unspecified atom stereocenters. The molecule has 0 aromatic rings. The second kappa shape index (κ2) is 2.53. The molecule has 0 heterocycles. The molecule has 0 fully saturated rings. The van der Waals surface area contributed by atoms with Gasteiger partial charge in [0.1, 0.15) is 0 Å². The highest BCUT2D eigenvalue weighted by Gasteiger charge is 2.30. The molecule has 0 saturated carbocycles. The van der Waals surface area contributed by atoms with Crippen LogP contribution in [0.3, 0.4) is 0 Å². The average Bonchev–Trinajstić information content (AvgIpc) is 1.65. The van der Waals surface area contributed by atoms with E-state index in [4.69, 9.17) is 0 Å². The van der Waals surface area contributed by atoms with Gasteiger partial charge in [-0.05, 0) is 6.92 Å². The summed E-state index contributed by atoms with van der Waals surface area (Å²) >= 11 is -3.39. The molecule has 9 heavy (non-hydrogen) atoms. The van der Waals surface area contributed by atoms with Gasteiger partial charge < -0.3 is 4.55 Å². The van der Waals surface area contributed by atoms with Crippen molar-refractivity contribution in [3.8, 4) is 0 Å². The Bertz CT molecular complexity index is 139. The predicted molar refractivity (Wildman–Crippen MR) is 28.7 cm³/mol. The fourth-order valence-corrected chi connectivity index (χ4v) is 0.427.